The van der Waals surface area contributed by atoms with Gasteiger partial charge < -0.3 is 29.6 Å². The predicted octanol–water partition coefficient (Wildman–Crippen LogP) is 5.24. The number of pyridine rings is 1. The molecule has 0 spiro atoms. The Labute approximate surface area is 292 Å². The number of hydrogen-bond acceptors (Lipinski definition) is 12. The molecule has 51 heavy (non-hydrogen) atoms. The molecule has 2 saturated heterocycles. The van der Waals surface area contributed by atoms with Gasteiger partial charge in [0.25, 0.3) is 0 Å². The molecule has 3 aliphatic heterocycles. The summed E-state index contributed by atoms with van der Waals surface area (Å²) in [5.74, 6) is 3.14. The van der Waals surface area contributed by atoms with Crippen molar-refractivity contribution >= 4 is 33.3 Å². The minimum Gasteiger partial charge on any atom is -0.475 e. The van der Waals surface area contributed by atoms with Crippen LogP contribution in [0, 0.1) is 18.2 Å². The smallest absolute Gasteiger partial charge is 0.319 e. The number of anilines is 2. The molecule has 6 heterocycles. The summed E-state index contributed by atoms with van der Waals surface area (Å²) in [5, 5.41) is 1.59. The topological polar surface area (TPSA) is 134 Å². The molecule has 0 bridgehead atoms. The Morgan fingerprint density at radius 1 is 1.14 bits per heavy atom. The van der Waals surface area contributed by atoms with Crippen molar-refractivity contribution in [2.45, 2.75) is 43.9 Å². The van der Waals surface area contributed by atoms with Gasteiger partial charge in [-0.2, -0.15) is 9.97 Å². The highest BCUT2D eigenvalue weighted by Crippen LogP contribution is 2.45. The number of nitrogens with zero attached hydrogens (tertiary/aromatic N) is 7. The van der Waals surface area contributed by atoms with Crippen molar-refractivity contribution in [1.82, 2.24) is 29.8 Å². The Balaban J connectivity index is 1.33. The molecule has 5 aromatic rings. The van der Waals surface area contributed by atoms with Crippen LogP contribution >= 0.6 is 0 Å². The third-order valence-corrected chi connectivity index (χ3v) is 10.1. The van der Waals surface area contributed by atoms with Crippen molar-refractivity contribution in [1.29, 1.82) is 0 Å². The molecule has 12 nitrogen and oxygen atoms in total. The van der Waals surface area contributed by atoms with Gasteiger partial charge in [-0.25, -0.2) is 18.7 Å². The minimum atomic E-state index is -0.943. The Morgan fingerprint density at radius 3 is 2.82 bits per heavy atom. The molecule has 2 N–H and O–H groups in total. The van der Waals surface area contributed by atoms with E-state index in [1.807, 2.05) is 30.0 Å². The largest absolute Gasteiger partial charge is 0.475 e. The lowest BCUT2D eigenvalue weighted by atomic mass is 9.95. The fraction of sp³-hybridized carbons (Fsp3) is 0.378. The molecular weight excluding hydrogens is 658 g/mol. The van der Waals surface area contributed by atoms with Crippen LogP contribution in [0.15, 0.2) is 42.7 Å². The van der Waals surface area contributed by atoms with Crippen molar-refractivity contribution in [2.75, 3.05) is 57.4 Å². The minimum absolute atomic E-state index is 0.0224. The van der Waals surface area contributed by atoms with Crippen LogP contribution in [0.3, 0.4) is 0 Å². The molecule has 0 unspecified atom stereocenters. The number of benzene rings is 2. The van der Waals surface area contributed by atoms with Crippen LogP contribution < -0.4 is 24.8 Å². The van der Waals surface area contributed by atoms with Gasteiger partial charge in [-0.1, -0.05) is 18.1 Å². The fourth-order valence-electron chi connectivity index (χ4n) is 7.78. The average Bonchev–Trinajstić information content (AvgIpc) is 3.60. The summed E-state index contributed by atoms with van der Waals surface area (Å²) in [7, 11) is 1.51. The van der Waals surface area contributed by atoms with Crippen molar-refractivity contribution < 1.29 is 27.7 Å². The maximum Gasteiger partial charge on any atom is 0.319 e. The molecule has 0 saturated carbocycles. The van der Waals surface area contributed by atoms with Gasteiger partial charge in [-0.3, -0.25) is 9.88 Å². The second-order valence-electron chi connectivity index (χ2n) is 13.1. The van der Waals surface area contributed by atoms with E-state index < -0.39 is 23.6 Å². The number of rotatable bonds is 9. The molecule has 0 radical (unpaired) electrons. The molecule has 3 aliphatic rings. The van der Waals surface area contributed by atoms with Crippen LogP contribution in [-0.4, -0.2) is 88.3 Å². The van der Waals surface area contributed by atoms with Gasteiger partial charge in [-0.15, -0.1) is 6.42 Å². The Morgan fingerprint density at radius 2 is 2.00 bits per heavy atom. The zero-order chi connectivity index (χ0) is 35.3. The van der Waals surface area contributed by atoms with E-state index in [2.05, 4.69) is 25.8 Å². The lowest BCUT2D eigenvalue weighted by Gasteiger charge is -2.31. The van der Waals surface area contributed by atoms with E-state index in [-0.39, 0.29) is 54.3 Å². The normalized spacial score (nSPS) is 20.5. The molecule has 14 heteroatoms. The standard InChI is InChI=1S/C37H36F2N8O4/c1-4-22-7-5-8-23-15-25(51-20-48-3)16-26(27(22)23)31-29(39)32-28-34(45-36(44-32)50-19-37-9-6-12-46(37)18-24(38)17-37)47(13-14-49-35(28)43-31)21(2)30-33(40)42-11-10-41-30/h1,5,7-8,10-11,15-16,21,24H,6,9,12-14,17-20H2,2-3H3,(H2,40,42)/t21-,24-,37+/m1/s1. The number of terminal acetylenes is 1. The Bertz CT molecular complexity index is 2200. The number of fused-ring (bicyclic) bond motifs is 2. The summed E-state index contributed by atoms with van der Waals surface area (Å²) < 4.78 is 55.5. The van der Waals surface area contributed by atoms with E-state index in [0.29, 0.717) is 53.3 Å². The molecule has 8 rings (SSSR count). The van der Waals surface area contributed by atoms with E-state index in [0.717, 1.165) is 24.8 Å². The summed E-state index contributed by atoms with van der Waals surface area (Å²) >= 11 is 0. The summed E-state index contributed by atoms with van der Waals surface area (Å²) in [6, 6.07) is 8.45. The highest BCUT2D eigenvalue weighted by molar-refractivity contribution is 6.04. The average molecular weight is 695 g/mol. The van der Waals surface area contributed by atoms with Crippen LogP contribution in [0.25, 0.3) is 32.9 Å². The van der Waals surface area contributed by atoms with Crippen LogP contribution in [0.4, 0.5) is 20.4 Å². The van der Waals surface area contributed by atoms with Crippen molar-refractivity contribution in [3.8, 4) is 41.2 Å². The summed E-state index contributed by atoms with van der Waals surface area (Å²) in [6.07, 6.45) is 10.2. The number of nitrogen functional groups attached to an aromatic ring is 1. The molecule has 2 aromatic carbocycles. The van der Waals surface area contributed by atoms with Gasteiger partial charge in [0.2, 0.25) is 5.88 Å². The summed E-state index contributed by atoms with van der Waals surface area (Å²) in [5.41, 5.74) is 7.12. The number of methoxy groups -OCH3 is 1. The van der Waals surface area contributed by atoms with E-state index in [4.69, 9.17) is 41.1 Å². The second kappa shape index (κ2) is 13.1. The van der Waals surface area contributed by atoms with Crippen molar-refractivity contribution in [3.05, 3.63) is 59.8 Å². The molecule has 3 aromatic heterocycles. The van der Waals surface area contributed by atoms with Gasteiger partial charge in [0.15, 0.2) is 12.6 Å². The van der Waals surface area contributed by atoms with Gasteiger partial charge in [0, 0.05) is 49.0 Å². The SMILES string of the molecule is C#Cc1cccc2cc(OCOC)cc(-c3nc4c5c(nc(OC[C@@]67CCCN6C[C@H](F)C7)nc5c3F)N([C@H](C)c3nccnc3N)CCO4)c12. The van der Waals surface area contributed by atoms with Crippen LogP contribution in [0.5, 0.6) is 17.6 Å². The van der Waals surface area contributed by atoms with Crippen LogP contribution in [0.1, 0.15) is 43.5 Å². The van der Waals surface area contributed by atoms with Crippen LogP contribution in [0.2, 0.25) is 0 Å². The van der Waals surface area contributed by atoms with E-state index in [1.165, 1.54) is 13.3 Å². The Kier molecular flexibility index (Phi) is 8.40. The number of halogens is 2. The van der Waals surface area contributed by atoms with E-state index in [9.17, 15) is 4.39 Å². The van der Waals surface area contributed by atoms with Crippen molar-refractivity contribution in [2.24, 2.45) is 0 Å². The first kappa shape index (κ1) is 32.8. The number of ether oxygens (including phenoxy) is 4. The Hall–Kier alpha value is -5.39. The third kappa shape index (κ3) is 5.66. The number of nitrogens with two attached hydrogens (primary N) is 1. The first-order valence-corrected chi connectivity index (χ1v) is 16.8. The third-order valence-electron chi connectivity index (χ3n) is 10.1. The molecule has 0 aliphatic carbocycles. The molecule has 262 valence electrons. The number of hydrogen-bond donors (Lipinski definition) is 1. The molecular formula is C37H36F2N8O4. The highest BCUT2D eigenvalue weighted by Gasteiger charge is 2.49. The van der Waals surface area contributed by atoms with Gasteiger partial charge >= 0.3 is 6.01 Å². The summed E-state index contributed by atoms with van der Waals surface area (Å²) in [4.78, 5) is 27.1. The fourth-order valence-corrected chi connectivity index (χ4v) is 7.78. The number of aromatic nitrogens is 5. The van der Waals surface area contributed by atoms with Gasteiger partial charge in [0.1, 0.15) is 59.1 Å². The van der Waals surface area contributed by atoms with Crippen LogP contribution in [-0.2, 0) is 4.74 Å². The monoisotopic (exact) mass is 694 g/mol. The van der Waals surface area contributed by atoms with E-state index >= 15 is 4.39 Å². The van der Waals surface area contributed by atoms with Crippen molar-refractivity contribution in [3.63, 3.8) is 0 Å². The van der Waals surface area contributed by atoms with Gasteiger partial charge in [0.05, 0.1) is 18.1 Å². The highest BCUT2D eigenvalue weighted by atomic mass is 19.1. The maximum atomic E-state index is 17.4. The first-order chi connectivity index (χ1) is 24.8. The molecule has 0 amide bonds. The quantitative estimate of drug-likeness (QED) is 0.160. The second-order valence-corrected chi connectivity index (χ2v) is 13.1. The zero-order valence-corrected chi connectivity index (χ0v) is 28.2. The molecule has 3 atom stereocenters. The van der Waals surface area contributed by atoms with Gasteiger partial charge in [-0.05, 0) is 49.9 Å². The summed E-state index contributed by atoms with van der Waals surface area (Å²) in [6.45, 7) is 3.70. The number of alkyl halides is 1. The lowest BCUT2D eigenvalue weighted by molar-refractivity contribution is 0.0512. The zero-order valence-electron chi connectivity index (χ0n) is 28.2. The lowest BCUT2D eigenvalue weighted by Crippen LogP contribution is -2.43. The maximum absolute atomic E-state index is 17.4. The van der Waals surface area contributed by atoms with E-state index in [1.54, 1.807) is 18.3 Å². The first-order valence-electron chi connectivity index (χ1n) is 16.8. The predicted molar refractivity (Wildman–Crippen MR) is 187 cm³/mol. The molecule has 2 fully saturated rings.